The molecule has 2 heterocycles. The quantitative estimate of drug-likeness (QED) is 0.454. The minimum Gasteiger partial charge on any atom is -0.377 e. The number of hydrazine groups is 1. The van der Waals surface area contributed by atoms with E-state index in [0.29, 0.717) is 11.7 Å². The van der Waals surface area contributed by atoms with Crippen molar-refractivity contribution in [1.82, 2.24) is 15.3 Å². The Morgan fingerprint density at radius 1 is 1.60 bits per heavy atom. The van der Waals surface area contributed by atoms with Crippen LogP contribution in [0.3, 0.4) is 0 Å². The van der Waals surface area contributed by atoms with Crippen LogP contribution in [0.4, 0.5) is 0 Å². The molecule has 2 rings (SSSR count). The van der Waals surface area contributed by atoms with Gasteiger partial charge in [0.05, 0.1) is 17.4 Å². The van der Waals surface area contributed by atoms with E-state index in [1.54, 1.807) is 12.3 Å². The van der Waals surface area contributed by atoms with Crippen molar-refractivity contribution in [3.05, 3.63) is 29.6 Å². The molecule has 0 aliphatic carbocycles. The lowest BCUT2D eigenvalue weighted by Crippen LogP contribution is -2.32. The number of nitrogens with two attached hydrogens (primary N) is 1. The molecular formula is C14H22N4O2. The highest BCUT2D eigenvalue weighted by Gasteiger charge is 2.18. The molecule has 0 saturated carbocycles. The van der Waals surface area contributed by atoms with E-state index in [1.807, 2.05) is 6.07 Å². The van der Waals surface area contributed by atoms with Gasteiger partial charge in [0.25, 0.3) is 5.91 Å². The Hall–Kier alpha value is -1.50. The van der Waals surface area contributed by atoms with Crippen molar-refractivity contribution in [3.63, 3.8) is 0 Å². The van der Waals surface area contributed by atoms with E-state index < -0.39 is 0 Å². The number of carbonyl (C=O) groups excluding carboxylic acids is 1. The van der Waals surface area contributed by atoms with Crippen LogP contribution in [0.15, 0.2) is 18.3 Å². The second kappa shape index (κ2) is 7.33. The number of rotatable bonds is 6. The van der Waals surface area contributed by atoms with Gasteiger partial charge in [-0.15, -0.1) is 0 Å². The Bertz CT molecular complexity index is 429. The van der Waals surface area contributed by atoms with E-state index in [2.05, 4.69) is 22.2 Å². The summed E-state index contributed by atoms with van der Waals surface area (Å²) in [5, 5.41) is 0. The second-order valence-corrected chi connectivity index (χ2v) is 4.97. The first kappa shape index (κ1) is 14.9. The van der Waals surface area contributed by atoms with Gasteiger partial charge < -0.3 is 4.74 Å². The summed E-state index contributed by atoms with van der Waals surface area (Å²) in [4.78, 5) is 17.9. The zero-order chi connectivity index (χ0) is 14.4. The van der Waals surface area contributed by atoms with Gasteiger partial charge in [-0.25, -0.2) is 5.84 Å². The van der Waals surface area contributed by atoms with Crippen molar-refractivity contribution in [3.8, 4) is 0 Å². The van der Waals surface area contributed by atoms with Crippen molar-refractivity contribution in [2.75, 3.05) is 19.7 Å². The molecule has 110 valence electrons. The zero-order valence-corrected chi connectivity index (χ0v) is 11.8. The van der Waals surface area contributed by atoms with Crippen molar-refractivity contribution in [1.29, 1.82) is 0 Å². The lowest BCUT2D eigenvalue weighted by molar-refractivity contribution is 0.0721. The molecule has 0 bridgehead atoms. The molecule has 1 aromatic heterocycles. The van der Waals surface area contributed by atoms with Gasteiger partial charge in [-0.1, -0.05) is 6.92 Å². The Kier molecular flexibility index (Phi) is 5.46. The molecule has 1 aliphatic heterocycles. The Morgan fingerprint density at radius 3 is 3.00 bits per heavy atom. The third-order valence-corrected chi connectivity index (χ3v) is 3.54. The average Bonchev–Trinajstić information content (AvgIpc) is 2.99. The standard InChI is InChI=1S/C14H22N4O2/c1-2-18(10-13-4-3-7-20-13)9-12-6-5-11(8-16-12)14(19)17-15/h5-6,8,13H,2-4,7,9-10,15H2,1H3,(H,17,19). The first-order chi connectivity index (χ1) is 9.72. The van der Waals surface area contributed by atoms with Crippen LogP contribution in [-0.4, -0.2) is 41.6 Å². The first-order valence-corrected chi connectivity index (χ1v) is 7.02. The van der Waals surface area contributed by atoms with Crippen LogP contribution in [-0.2, 0) is 11.3 Å². The van der Waals surface area contributed by atoms with E-state index in [0.717, 1.165) is 44.8 Å². The molecule has 1 amide bonds. The zero-order valence-electron chi connectivity index (χ0n) is 11.8. The number of pyridine rings is 1. The van der Waals surface area contributed by atoms with E-state index in [4.69, 9.17) is 10.6 Å². The molecule has 1 aliphatic rings. The molecular weight excluding hydrogens is 256 g/mol. The number of likely N-dealkylation sites (N-methyl/N-ethyl adjacent to an activating group) is 1. The highest BCUT2D eigenvalue weighted by atomic mass is 16.5. The number of hydrogen-bond donors (Lipinski definition) is 2. The summed E-state index contributed by atoms with van der Waals surface area (Å²) in [6, 6.07) is 3.60. The summed E-state index contributed by atoms with van der Waals surface area (Å²) in [6.45, 7) is 5.66. The number of aromatic nitrogens is 1. The summed E-state index contributed by atoms with van der Waals surface area (Å²) >= 11 is 0. The van der Waals surface area contributed by atoms with E-state index in [9.17, 15) is 4.79 Å². The summed E-state index contributed by atoms with van der Waals surface area (Å²) < 4.78 is 5.66. The SMILES string of the molecule is CCN(Cc1ccc(C(=O)NN)cn1)CC1CCCO1. The maximum absolute atomic E-state index is 11.3. The molecule has 1 saturated heterocycles. The van der Waals surface area contributed by atoms with Crippen molar-refractivity contribution >= 4 is 5.91 Å². The number of amides is 1. The molecule has 1 fully saturated rings. The third kappa shape index (κ3) is 4.00. The van der Waals surface area contributed by atoms with Crippen molar-refractivity contribution in [2.45, 2.75) is 32.4 Å². The average molecular weight is 278 g/mol. The molecule has 1 atom stereocenters. The van der Waals surface area contributed by atoms with Gasteiger partial charge >= 0.3 is 0 Å². The number of hydrogen-bond acceptors (Lipinski definition) is 5. The molecule has 0 radical (unpaired) electrons. The van der Waals surface area contributed by atoms with Gasteiger partial charge in [0, 0.05) is 25.9 Å². The minimum atomic E-state index is -0.323. The maximum atomic E-state index is 11.3. The highest BCUT2D eigenvalue weighted by molar-refractivity contribution is 5.93. The molecule has 20 heavy (non-hydrogen) atoms. The van der Waals surface area contributed by atoms with Crippen LogP contribution in [0.5, 0.6) is 0 Å². The summed E-state index contributed by atoms with van der Waals surface area (Å²) in [7, 11) is 0. The van der Waals surface area contributed by atoms with Crippen molar-refractivity contribution in [2.24, 2.45) is 5.84 Å². The van der Waals surface area contributed by atoms with Gasteiger partial charge in [-0.2, -0.15) is 0 Å². The summed E-state index contributed by atoms with van der Waals surface area (Å²) in [6.07, 6.45) is 4.19. The Balaban J connectivity index is 1.91. The Morgan fingerprint density at radius 2 is 2.45 bits per heavy atom. The summed E-state index contributed by atoms with van der Waals surface area (Å²) in [5.41, 5.74) is 3.51. The topological polar surface area (TPSA) is 80.5 Å². The molecule has 1 aromatic rings. The minimum absolute atomic E-state index is 0.323. The maximum Gasteiger partial charge on any atom is 0.266 e. The van der Waals surface area contributed by atoms with Crippen LogP contribution in [0.2, 0.25) is 0 Å². The normalized spacial score (nSPS) is 18.4. The number of ether oxygens (including phenoxy) is 1. The van der Waals surface area contributed by atoms with Gasteiger partial charge in [0.1, 0.15) is 0 Å². The molecule has 0 spiro atoms. The van der Waals surface area contributed by atoms with Crippen LogP contribution in [0, 0.1) is 0 Å². The van der Waals surface area contributed by atoms with Crippen molar-refractivity contribution < 1.29 is 9.53 Å². The predicted octanol–water partition coefficient (Wildman–Crippen LogP) is 0.686. The molecule has 0 aromatic carbocycles. The monoisotopic (exact) mass is 278 g/mol. The van der Waals surface area contributed by atoms with Crippen LogP contribution >= 0.6 is 0 Å². The lowest BCUT2D eigenvalue weighted by atomic mass is 10.2. The van der Waals surface area contributed by atoms with Crippen LogP contribution in [0.1, 0.15) is 35.8 Å². The smallest absolute Gasteiger partial charge is 0.266 e. The number of carbonyl (C=O) groups is 1. The van der Waals surface area contributed by atoms with E-state index >= 15 is 0 Å². The fraction of sp³-hybridized carbons (Fsp3) is 0.571. The largest absolute Gasteiger partial charge is 0.377 e. The number of nitrogen functional groups attached to an aromatic ring is 1. The van der Waals surface area contributed by atoms with Gasteiger partial charge in [0.2, 0.25) is 0 Å². The van der Waals surface area contributed by atoms with Gasteiger partial charge in [0.15, 0.2) is 0 Å². The molecule has 3 N–H and O–H groups in total. The number of nitrogens with one attached hydrogen (secondary N) is 1. The summed E-state index contributed by atoms with van der Waals surface area (Å²) in [5.74, 6) is 4.76. The van der Waals surface area contributed by atoms with Crippen LogP contribution < -0.4 is 11.3 Å². The lowest BCUT2D eigenvalue weighted by Gasteiger charge is -2.23. The van der Waals surface area contributed by atoms with Crippen LogP contribution in [0.25, 0.3) is 0 Å². The highest BCUT2D eigenvalue weighted by Crippen LogP contribution is 2.14. The Labute approximate surface area is 119 Å². The fourth-order valence-electron chi connectivity index (χ4n) is 2.35. The van der Waals surface area contributed by atoms with E-state index in [-0.39, 0.29) is 5.91 Å². The fourth-order valence-corrected chi connectivity index (χ4v) is 2.35. The first-order valence-electron chi connectivity index (χ1n) is 7.02. The molecule has 1 unspecified atom stereocenters. The third-order valence-electron chi connectivity index (χ3n) is 3.54. The molecule has 6 nitrogen and oxygen atoms in total. The second-order valence-electron chi connectivity index (χ2n) is 4.97. The van der Waals surface area contributed by atoms with Gasteiger partial charge in [-0.3, -0.25) is 20.1 Å². The molecule has 6 heteroatoms. The van der Waals surface area contributed by atoms with Gasteiger partial charge in [-0.05, 0) is 31.5 Å². The number of nitrogens with zero attached hydrogens (tertiary/aromatic N) is 2. The van der Waals surface area contributed by atoms with E-state index in [1.165, 1.54) is 0 Å². The predicted molar refractivity (Wildman–Crippen MR) is 75.8 cm³/mol.